The molecule has 0 saturated heterocycles. The molecule has 150 valence electrons. The summed E-state index contributed by atoms with van der Waals surface area (Å²) in [6, 6.07) is 9.14. The Balaban J connectivity index is 2.54. The van der Waals surface area contributed by atoms with E-state index >= 15 is 0 Å². The van der Waals surface area contributed by atoms with E-state index in [2.05, 4.69) is 45.8 Å². The maximum absolute atomic E-state index is 12.3. The molecule has 4 nitrogen and oxygen atoms in total. The minimum absolute atomic E-state index is 0.00987. The van der Waals surface area contributed by atoms with Crippen LogP contribution in [-0.2, 0) is 14.0 Å². The van der Waals surface area contributed by atoms with Crippen molar-refractivity contribution >= 4 is 25.7 Å². The molecule has 1 N–H and O–H groups in total. The second-order valence-corrected chi connectivity index (χ2v) is 13.6. The second-order valence-electron chi connectivity index (χ2n) is 8.84. The number of benzene rings is 1. The van der Waals surface area contributed by atoms with Crippen LogP contribution >= 0.6 is 0 Å². The zero-order valence-electron chi connectivity index (χ0n) is 17.9. The van der Waals surface area contributed by atoms with Gasteiger partial charge in [0.1, 0.15) is 5.78 Å². The monoisotopic (exact) mass is 389 g/mol. The fourth-order valence-electron chi connectivity index (χ4n) is 2.46. The third kappa shape index (κ3) is 7.43. The standard InChI is InChI=1S/C22H35NO3Si/c1-16(17(2)18(3)26-27(7,8)22(4,5)6)14-20(24)15-21(25)23-19-12-10-9-11-13-19/h9-13,17-18H,1,14-15H2,2-8H3,(H,23,25)/t17-,18-/m0/s1. The Morgan fingerprint density at radius 2 is 1.67 bits per heavy atom. The average molecular weight is 390 g/mol. The SMILES string of the molecule is C=C(CC(=O)CC(=O)Nc1ccccc1)[C@H](C)[C@H](C)O[Si](C)(C)C(C)(C)C. The normalized spacial score (nSPS) is 14.3. The molecule has 0 spiro atoms. The predicted octanol–water partition coefficient (Wildman–Crippen LogP) is 5.58. The molecule has 0 bridgehead atoms. The molecule has 0 aliphatic rings. The predicted molar refractivity (Wildman–Crippen MR) is 115 cm³/mol. The fourth-order valence-corrected chi connectivity index (χ4v) is 3.95. The van der Waals surface area contributed by atoms with Gasteiger partial charge in [-0.2, -0.15) is 0 Å². The van der Waals surface area contributed by atoms with Crippen molar-refractivity contribution in [3.8, 4) is 0 Å². The Kier molecular flexibility index (Phi) is 8.17. The van der Waals surface area contributed by atoms with Crippen LogP contribution in [0.4, 0.5) is 5.69 Å². The maximum Gasteiger partial charge on any atom is 0.231 e. The molecule has 1 amide bonds. The zero-order chi connectivity index (χ0) is 20.8. The average Bonchev–Trinajstić information content (AvgIpc) is 2.53. The molecule has 1 aromatic carbocycles. The molecule has 0 aromatic heterocycles. The lowest BCUT2D eigenvalue weighted by molar-refractivity contribution is -0.125. The number of para-hydroxylation sites is 1. The number of rotatable bonds is 9. The van der Waals surface area contributed by atoms with Crippen molar-refractivity contribution in [2.75, 3.05) is 5.32 Å². The first kappa shape index (κ1) is 23.3. The molecular formula is C22H35NO3Si. The molecule has 0 aliphatic carbocycles. The molecule has 27 heavy (non-hydrogen) atoms. The van der Waals surface area contributed by atoms with E-state index in [1.165, 1.54) is 0 Å². The van der Waals surface area contributed by atoms with Crippen molar-refractivity contribution in [3.05, 3.63) is 42.5 Å². The van der Waals surface area contributed by atoms with Crippen LogP contribution in [0.3, 0.4) is 0 Å². The van der Waals surface area contributed by atoms with Gasteiger partial charge in [-0.25, -0.2) is 0 Å². The van der Waals surface area contributed by atoms with Gasteiger partial charge in [-0.3, -0.25) is 9.59 Å². The van der Waals surface area contributed by atoms with Gasteiger partial charge in [0.05, 0.1) is 6.42 Å². The van der Waals surface area contributed by atoms with Crippen LogP contribution in [0, 0.1) is 5.92 Å². The highest BCUT2D eigenvalue weighted by atomic mass is 28.4. The lowest BCUT2D eigenvalue weighted by Crippen LogP contribution is -2.44. The van der Waals surface area contributed by atoms with Crippen molar-refractivity contribution in [2.24, 2.45) is 5.92 Å². The number of carbonyl (C=O) groups is 2. The first-order valence-corrected chi connectivity index (χ1v) is 12.5. The molecule has 5 heteroatoms. The molecule has 0 fully saturated rings. The fraction of sp³-hybridized carbons (Fsp3) is 0.545. The van der Waals surface area contributed by atoms with Gasteiger partial charge >= 0.3 is 0 Å². The Morgan fingerprint density at radius 1 is 1.11 bits per heavy atom. The van der Waals surface area contributed by atoms with Crippen LogP contribution in [-0.4, -0.2) is 26.1 Å². The molecule has 2 atom stereocenters. The molecule has 1 rings (SSSR count). The number of anilines is 1. The van der Waals surface area contributed by atoms with Crippen LogP contribution < -0.4 is 5.32 Å². The van der Waals surface area contributed by atoms with Crippen LogP contribution in [0.2, 0.25) is 18.1 Å². The first-order chi connectivity index (χ1) is 12.3. The lowest BCUT2D eigenvalue weighted by Gasteiger charge is -2.40. The van der Waals surface area contributed by atoms with Crippen molar-refractivity contribution < 1.29 is 14.0 Å². The number of amides is 1. The van der Waals surface area contributed by atoms with Gasteiger partial charge in [0, 0.05) is 24.1 Å². The molecule has 0 heterocycles. The minimum Gasteiger partial charge on any atom is -0.414 e. The van der Waals surface area contributed by atoms with Crippen LogP contribution in [0.1, 0.15) is 47.5 Å². The Hall–Kier alpha value is -1.72. The van der Waals surface area contributed by atoms with E-state index in [4.69, 9.17) is 4.43 Å². The summed E-state index contributed by atoms with van der Waals surface area (Å²) >= 11 is 0. The molecule has 0 radical (unpaired) electrons. The summed E-state index contributed by atoms with van der Waals surface area (Å²) in [7, 11) is -1.88. The van der Waals surface area contributed by atoms with Gasteiger partial charge in [0.25, 0.3) is 0 Å². The number of hydrogen-bond acceptors (Lipinski definition) is 3. The van der Waals surface area contributed by atoms with Gasteiger partial charge in [-0.15, -0.1) is 0 Å². The summed E-state index contributed by atoms with van der Waals surface area (Å²) in [5.74, 6) is -0.364. The summed E-state index contributed by atoms with van der Waals surface area (Å²) in [5.41, 5.74) is 1.51. The third-order valence-corrected chi connectivity index (χ3v) is 10.0. The first-order valence-electron chi connectivity index (χ1n) is 9.55. The number of ketones is 1. The summed E-state index contributed by atoms with van der Waals surface area (Å²) in [6.07, 6.45) is 0.0523. The molecule has 0 saturated carbocycles. The van der Waals surface area contributed by atoms with Gasteiger partial charge in [-0.05, 0) is 37.2 Å². The smallest absolute Gasteiger partial charge is 0.231 e. The Labute approximate surface area is 165 Å². The van der Waals surface area contributed by atoms with E-state index in [1.54, 1.807) is 12.1 Å². The summed E-state index contributed by atoms with van der Waals surface area (Å²) in [4.78, 5) is 24.3. The molecule has 1 aromatic rings. The van der Waals surface area contributed by atoms with Crippen LogP contribution in [0.15, 0.2) is 42.5 Å². The van der Waals surface area contributed by atoms with Crippen molar-refractivity contribution in [2.45, 2.75) is 71.7 Å². The van der Waals surface area contributed by atoms with E-state index in [9.17, 15) is 9.59 Å². The lowest BCUT2D eigenvalue weighted by atomic mass is 9.93. The van der Waals surface area contributed by atoms with Crippen LogP contribution in [0.25, 0.3) is 0 Å². The van der Waals surface area contributed by atoms with Crippen molar-refractivity contribution in [1.29, 1.82) is 0 Å². The third-order valence-electron chi connectivity index (χ3n) is 5.47. The molecule has 0 unspecified atom stereocenters. The van der Waals surface area contributed by atoms with E-state index in [0.29, 0.717) is 5.69 Å². The highest BCUT2D eigenvalue weighted by Crippen LogP contribution is 2.38. The quantitative estimate of drug-likeness (QED) is 0.341. The topological polar surface area (TPSA) is 55.4 Å². The second kappa shape index (κ2) is 9.47. The van der Waals surface area contributed by atoms with Crippen LogP contribution in [0.5, 0.6) is 0 Å². The van der Waals surface area contributed by atoms with Gasteiger partial charge in [0.2, 0.25) is 5.91 Å². The van der Waals surface area contributed by atoms with Gasteiger partial charge in [-0.1, -0.05) is 58.0 Å². The van der Waals surface area contributed by atoms with E-state index in [0.717, 1.165) is 5.57 Å². The van der Waals surface area contributed by atoms with Crippen molar-refractivity contribution in [1.82, 2.24) is 0 Å². The van der Waals surface area contributed by atoms with E-state index < -0.39 is 8.32 Å². The highest BCUT2D eigenvalue weighted by molar-refractivity contribution is 6.74. The summed E-state index contributed by atoms with van der Waals surface area (Å²) in [6.45, 7) is 19.2. The van der Waals surface area contributed by atoms with Gasteiger partial charge < -0.3 is 9.74 Å². The maximum atomic E-state index is 12.3. The van der Waals surface area contributed by atoms with Crippen molar-refractivity contribution in [3.63, 3.8) is 0 Å². The summed E-state index contributed by atoms with van der Waals surface area (Å²) in [5, 5.41) is 2.87. The molecular weight excluding hydrogens is 354 g/mol. The zero-order valence-corrected chi connectivity index (χ0v) is 18.9. The van der Waals surface area contributed by atoms with Gasteiger partial charge in [0.15, 0.2) is 8.32 Å². The molecule has 0 aliphatic heterocycles. The number of Topliss-reactive ketones (excluding diaryl/α,β-unsaturated/α-hetero) is 1. The number of carbonyl (C=O) groups excluding carboxylic acids is 2. The number of nitrogens with one attached hydrogen (secondary N) is 1. The largest absolute Gasteiger partial charge is 0.414 e. The number of hydrogen-bond donors (Lipinski definition) is 1. The highest BCUT2D eigenvalue weighted by Gasteiger charge is 2.39. The van der Waals surface area contributed by atoms with E-state index in [-0.39, 0.29) is 41.6 Å². The Morgan fingerprint density at radius 3 is 2.19 bits per heavy atom. The minimum atomic E-state index is -1.88. The summed E-state index contributed by atoms with van der Waals surface area (Å²) < 4.78 is 6.41. The van der Waals surface area contributed by atoms with E-state index in [1.807, 2.05) is 32.0 Å². The Bertz CT molecular complexity index is 662.